The molecule has 1 amide bonds. The predicted molar refractivity (Wildman–Crippen MR) is 70.6 cm³/mol. The number of amides is 1. The van der Waals surface area contributed by atoms with E-state index in [0.29, 0.717) is 11.3 Å². The van der Waals surface area contributed by atoms with Crippen molar-refractivity contribution in [2.75, 3.05) is 0 Å². The van der Waals surface area contributed by atoms with Gasteiger partial charge in [-0.05, 0) is 40.9 Å². The van der Waals surface area contributed by atoms with Gasteiger partial charge in [0.2, 0.25) is 0 Å². The molecule has 0 bridgehead atoms. The summed E-state index contributed by atoms with van der Waals surface area (Å²) in [6, 6.07) is 1.47. The van der Waals surface area contributed by atoms with Crippen LogP contribution in [-0.4, -0.2) is 23.0 Å². The molecule has 1 heterocycles. The van der Waals surface area contributed by atoms with Crippen LogP contribution in [0.1, 0.15) is 35.0 Å². The van der Waals surface area contributed by atoms with E-state index in [9.17, 15) is 9.59 Å². The van der Waals surface area contributed by atoms with E-state index < -0.39 is 5.97 Å². The van der Waals surface area contributed by atoms with Gasteiger partial charge in [-0.15, -0.1) is 11.3 Å². The summed E-state index contributed by atoms with van der Waals surface area (Å²) in [4.78, 5) is 23.0. The molecule has 0 aliphatic rings. The lowest BCUT2D eigenvalue weighted by atomic mass is 10.1. The molecule has 4 nitrogen and oxygen atoms in total. The van der Waals surface area contributed by atoms with Gasteiger partial charge < -0.3 is 10.4 Å². The van der Waals surface area contributed by atoms with Crippen molar-refractivity contribution in [2.24, 2.45) is 0 Å². The zero-order valence-corrected chi connectivity index (χ0v) is 12.0. The van der Waals surface area contributed by atoms with Crippen molar-refractivity contribution in [3.05, 3.63) is 20.3 Å². The highest BCUT2D eigenvalue weighted by Crippen LogP contribution is 2.27. The van der Waals surface area contributed by atoms with Crippen LogP contribution in [-0.2, 0) is 4.79 Å². The molecule has 0 saturated heterocycles. The molecule has 0 radical (unpaired) electrons. The van der Waals surface area contributed by atoms with Gasteiger partial charge in [0.1, 0.15) is 0 Å². The van der Waals surface area contributed by atoms with Crippen molar-refractivity contribution in [3.63, 3.8) is 0 Å². The molecule has 0 fully saturated rings. The van der Waals surface area contributed by atoms with Gasteiger partial charge in [0, 0.05) is 6.04 Å². The fraction of sp³-hybridized carbons (Fsp3) is 0.455. The molecule has 1 unspecified atom stereocenters. The van der Waals surface area contributed by atoms with Crippen LogP contribution in [0.2, 0.25) is 0 Å². The first-order valence-corrected chi connectivity index (χ1v) is 6.83. The second-order valence-corrected chi connectivity index (χ2v) is 6.11. The Hall–Kier alpha value is -0.880. The zero-order valence-electron chi connectivity index (χ0n) is 9.62. The third-order valence-corrected chi connectivity index (χ3v) is 4.47. The van der Waals surface area contributed by atoms with Crippen molar-refractivity contribution in [2.45, 2.75) is 32.7 Å². The van der Waals surface area contributed by atoms with Crippen molar-refractivity contribution in [1.82, 2.24) is 5.32 Å². The minimum Gasteiger partial charge on any atom is -0.481 e. The van der Waals surface area contributed by atoms with Gasteiger partial charge in [-0.3, -0.25) is 9.59 Å². The van der Waals surface area contributed by atoms with Gasteiger partial charge in [-0.25, -0.2) is 0 Å². The molecular formula is C11H14BrNO3S. The number of nitrogens with one attached hydrogen (secondary N) is 1. The zero-order chi connectivity index (χ0) is 13.0. The molecule has 1 aromatic rings. The van der Waals surface area contributed by atoms with E-state index in [-0.39, 0.29) is 18.4 Å². The molecule has 94 valence electrons. The molecule has 6 heteroatoms. The number of hydrogen-bond acceptors (Lipinski definition) is 3. The molecule has 0 aromatic carbocycles. The number of rotatable bonds is 5. The molecule has 0 aliphatic carbocycles. The summed E-state index contributed by atoms with van der Waals surface area (Å²) >= 11 is 4.70. The summed E-state index contributed by atoms with van der Waals surface area (Å²) in [6.07, 6.45) is 0.553. The average Bonchev–Trinajstić information content (AvgIpc) is 2.57. The van der Waals surface area contributed by atoms with Crippen molar-refractivity contribution in [3.8, 4) is 0 Å². The van der Waals surface area contributed by atoms with Crippen LogP contribution in [0.3, 0.4) is 0 Å². The highest BCUT2D eigenvalue weighted by atomic mass is 79.9. The maximum Gasteiger partial charge on any atom is 0.305 e. The molecule has 1 aromatic heterocycles. The topological polar surface area (TPSA) is 66.4 Å². The highest BCUT2D eigenvalue weighted by Gasteiger charge is 2.17. The Bertz CT molecular complexity index is 411. The van der Waals surface area contributed by atoms with Gasteiger partial charge in [0.15, 0.2) is 0 Å². The van der Waals surface area contributed by atoms with Crippen LogP contribution < -0.4 is 5.32 Å². The van der Waals surface area contributed by atoms with Gasteiger partial charge in [0.05, 0.1) is 15.1 Å². The SMILES string of the molecule is CCC(CC(=O)O)NC(=O)c1cc(C)c(Br)s1. The number of carbonyl (C=O) groups excluding carboxylic acids is 1. The first kappa shape index (κ1) is 14.2. The maximum atomic E-state index is 11.8. The van der Waals surface area contributed by atoms with Crippen molar-refractivity contribution < 1.29 is 14.7 Å². The molecule has 1 atom stereocenters. The van der Waals surface area contributed by atoms with E-state index in [1.165, 1.54) is 11.3 Å². The number of carboxylic acid groups (broad SMARTS) is 1. The molecule has 0 aliphatic heterocycles. The smallest absolute Gasteiger partial charge is 0.305 e. The van der Waals surface area contributed by atoms with Gasteiger partial charge in [0.25, 0.3) is 5.91 Å². The standard InChI is InChI=1S/C11H14BrNO3S/c1-3-7(5-9(14)15)13-11(16)8-4-6(2)10(12)17-8/h4,7H,3,5H2,1-2H3,(H,13,16)(H,14,15). The van der Waals surface area contributed by atoms with Crippen LogP contribution in [0, 0.1) is 6.92 Å². The van der Waals surface area contributed by atoms with E-state index in [1.54, 1.807) is 6.07 Å². The number of carbonyl (C=O) groups is 2. The number of carboxylic acids is 1. The molecule has 17 heavy (non-hydrogen) atoms. The van der Waals surface area contributed by atoms with Gasteiger partial charge in [-0.2, -0.15) is 0 Å². The number of aliphatic carboxylic acids is 1. The lowest BCUT2D eigenvalue weighted by Gasteiger charge is -2.13. The number of halogens is 1. The van der Waals surface area contributed by atoms with Crippen LogP contribution in [0.25, 0.3) is 0 Å². The molecular weight excluding hydrogens is 306 g/mol. The van der Waals surface area contributed by atoms with E-state index in [1.807, 2.05) is 13.8 Å². The van der Waals surface area contributed by atoms with E-state index in [4.69, 9.17) is 5.11 Å². The highest BCUT2D eigenvalue weighted by molar-refractivity contribution is 9.11. The fourth-order valence-electron chi connectivity index (χ4n) is 1.34. The Morgan fingerprint density at radius 3 is 2.65 bits per heavy atom. The molecule has 2 N–H and O–H groups in total. The Balaban J connectivity index is 2.67. The lowest BCUT2D eigenvalue weighted by molar-refractivity contribution is -0.137. The first-order valence-electron chi connectivity index (χ1n) is 5.22. The Morgan fingerprint density at radius 2 is 2.24 bits per heavy atom. The molecule has 1 rings (SSSR count). The second-order valence-electron chi connectivity index (χ2n) is 3.74. The number of hydrogen-bond donors (Lipinski definition) is 2. The summed E-state index contributed by atoms with van der Waals surface area (Å²) < 4.78 is 0.925. The minimum absolute atomic E-state index is 0.0479. The molecule has 0 saturated carbocycles. The maximum absolute atomic E-state index is 11.8. The third-order valence-electron chi connectivity index (χ3n) is 2.33. The predicted octanol–water partition coefficient (Wildman–Crippen LogP) is 2.80. The Morgan fingerprint density at radius 1 is 1.59 bits per heavy atom. The largest absolute Gasteiger partial charge is 0.481 e. The van der Waals surface area contributed by atoms with Crippen molar-refractivity contribution in [1.29, 1.82) is 0 Å². The summed E-state index contributed by atoms with van der Waals surface area (Å²) in [7, 11) is 0. The van der Waals surface area contributed by atoms with Gasteiger partial charge in [-0.1, -0.05) is 6.92 Å². The van der Waals surface area contributed by atoms with Crippen molar-refractivity contribution >= 4 is 39.1 Å². The summed E-state index contributed by atoms with van der Waals surface area (Å²) in [5, 5.41) is 11.4. The lowest BCUT2D eigenvalue weighted by Crippen LogP contribution is -2.35. The monoisotopic (exact) mass is 319 g/mol. The van der Waals surface area contributed by atoms with E-state index in [2.05, 4.69) is 21.2 Å². The quantitative estimate of drug-likeness (QED) is 0.877. The third kappa shape index (κ3) is 4.12. The summed E-state index contributed by atoms with van der Waals surface area (Å²) in [6.45, 7) is 3.76. The number of aryl methyl sites for hydroxylation is 1. The van der Waals surface area contributed by atoms with Crippen LogP contribution in [0.15, 0.2) is 9.85 Å². The Labute approximate surface area is 112 Å². The minimum atomic E-state index is -0.902. The normalized spacial score (nSPS) is 12.2. The summed E-state index contributed by atoms with van der Waals surface area (Å²) in [5.74, 6) is -1.11. The van der Waals surface area contributed by atoms with Crippen LogP contribution in [0.5, 0.6) is 0 Å². The second kappa shape index (κ2) is 6.16. The fourth-order valence-corrected chi connectivity index (χ4v) is 2.77. The molecule has 0 spiro atoms. The Kier molecular flexibility index (Phi) is 5.14. The first-order chi connectivity index (χ1) is 7.93. The average molecular weight is 320 g/mol. The van der Waals surface area contributed by atoms with Gasteiger partial charge >= 0.3 is 5.97 Å². The summed E-state index contributed by atoms with van der Waals surface area (Å²) in [5.41, 5.74) is 1.01. The van der Waals surface area contributed by atoms with E-state index in [0.717, 1.165) is 9.35 Å². The number of thiophene rings is 1. The van der Waals surface area contributed by atoms with Crippen LogP contribution in [0.4, 0.5) is 0 Å². The van der Waals surface area contributed by atoms with Crippen LogP contribution >= 0.6 is 27.3 Å². The van der Waals surface area contributed by atoms with E-state index >= 15 is 0 Å².